The summed E-state index contributed by atoms with van der Waals surface area (Å²) in [5.74, 6) is 0. The van der Waals surface area contributed by atoms with E-state index in [-0.39, 0.29) is 19.8 Å². The standard InChI is InChI=1S/C5H12O3.3C4H10S/c1-5(2-6,3-7)4-8;3*1-3-4(2)5/h6-8H,2-4H2,1H3;3*4-5H,3H2,1-2H3. The third kappa shape index (κ3) is 39.6. The van der Waals surface area contributed by atoms with Gasteiger partial charge in [-0.05, 0) is 35.0 Å². The second-order valence-electron chi connectivity index (χ2n) is 6.06. The molecular weight excluding hydrogens is 348 g/mol. The summed E-state index contributed by atoms with van der Waals surface area (Å²) in [6.45, 7) is 13.7. The Morgan fingerprint density at radius 1 is 0.652 bits per heavy atom. The Kier molecular flexibility index (Phi) is 31.6. The minimum Gasteiger partial charge on any atom is -0.396 e. The second-order valence-corrected chi connectivity index (χ2v) is 8.70. The molecule has 0 bridgehead atoms. The largest absolute Gasteiger partial charge is 0.396 e. The summed E-state index contributed by atoms with van der Waals surface area (Å²) in [5, 5.41) is 27.1. The van der Waals surface area contributed by atoms with Crippen LogP contribution in [0.4, 0.5) is 0 Å². The van der Waals surface area contributed by atoms with Crippen molar-refractivity contribution in [1.82, 2.24) is 0 Å². The van der Waals surface area contributed by atoms with Gasteiger partial charge in [0.05, 0.1) is 19.8 Å². The van der Waals surface area contributed by atoms with E-state index in [1.807, 2.05) is 0 Å². The normalized spacial score (nSPS) is 14.0. The van der Waals surface area contributed by atoms with Crippen molar-refractivity contribution in [2.45, 2.75) is 83.5 Å². The third-order valence-corrected chi connectivity index (χ3v) is 4.01. The van der Waals surface area contributed by atoms with Gasteiger partial charge in [0, 0.05) is 5.41 Å². The smallest absolute Gasteiger partial charge is 0.0528 e. The highest BCUT2D eigenvalue weighted by molar-refractivity contribution is 7.81. The summed E-state index contributed by atoms with van der Waals surface area (Å²) >= 11 is 12.3. The van der Waals surface area contributed by atoms with Crippen LogP contribution in [0.2, 0.25) is 0 Å². The van der Waals surface area contributed by atoms with Gasteiger partial charge < -0.3 is 15.3 Å². The Morgan fingerprint density at radius 3 is 0.783 bits per heavy atom. The zero-order valence-corrected chi connectivity index (χ0v) is 18.8. The monoisotopic (exact) mass is 390 g/mol. The Balaban J connectivity index is -0.000000108. The zero-order chi connectivity index (χ0) is 19.5. The number of aliphatic hydroxyl groups excluding tert-OH is 3. The topological polar surface area (TPSA) is 60.7 Å². The molecular formula is C17H42O3S3. The number of hydrogen-bond acceptors (Lipinski definition) is 6. The van der Waals surface area contributed by atoms with Crippen molar-refractivity contribution in [1.29, 1.82) is 0 Å². The van der Waals surface area contributed by atoms with Gasteiger partial charge in [-0.1, -0.05) is 48.5 Å². The molecule has 0 amide bonds. The summed E-state index contributed by atoms with van der Waals surface area (Å²) in [6, 6.07) is 0. The molecule has 0 fully saturated rings. The number of aliphatic hydroxyl groups is 3. The third-order valence-electron chi connectivity index (χ3n) is 2.92. The summed E-state index contributed by atoms with van der Waals surface area (Å²) in [7, 11) is 0. The highest BCUT2D eigenvalue weighted by atomic mass is 32.1. The lowest BCUT2D eigenvalue weighted by molar-refractivity contribution is 0.0200. The van der Waals surface area contributed by atoms with E-state index in [2.05, 4.69) is 79.4 Å². The van der Waals surface area contributed by atoms with Crippen LogP contribution in [0.25, 0.3) is 0 Å². The van der Waals surface area contributed by atoms with Gasteiger partial charge in [-0.15, -0.1) is 0 Å². The molecule has 0 aliphatic heterocycles. The molecule has 0 spiro atoms. The van der Waals surface area contributed by atoms with Crippen molar-refractivity contribution in [3.05, 3.63) is 0 Å². The molecule has 0 aromatic rings. The van der Waals surface area contributed by atoms with Crippen LogP contribution >= 0.6 is 37.9 Å². The molecule has 0 aliphatic carbocycles. The van der Waals surface area contributed by atoms with Crippen LogP contribution < -0.4 is 0 Å². The molecule has 3 atom stereocenters. The van der Waals surface area contributed by atoms with Gasteiger partial charge in [0.15, 0.2) is 0 Å². The fourth-order valence-electron chi connectivity index (χ4n) is 0.150. The lowest BCUT2D eigenvalue weighted by Crippen LogP contribution is -2.29. The van der Waals surface area contributed by atoms with E-state index in [1.54, 1.807) is 6.92 Å². The Hall–Kier alpha value is 0.930. The molecule has 0 aromatic carbocycles. The van der Waals surface area contributed by atoms with Crippen LogP contribution in [0.3, 0.4) is 0 Å². The predicted octanol–water partition coefficient (Wildman–Crippen LogP) is 4.11. The summed E-state index contributed by atoms with van der Waals surface area (Å²) in [4.78, 5) is 0. The van der Waals surface area contributed by atoms with Crippen LogP contribution in [-0.2, 0) is 0 Å². The molecule has 6 heteroatoms. The minimum absolute atomic E-state index is 0.181. The van der Waals surface area contributed by atoms with E-state index in [0.29, 0.717) is 15.7 Å². The van der Waals surface area contributed by atoms with Crippen molar-refractivity contribution in [3.63, 3.8) is 0 Å². The van der Waals surface area contributed by atoms with Gasteiger partial charge in [0.1, 0.15) is 0 Å². The van der Waals surface area contributed by atoms with Crippen molar-refractivity contribution in [2.24, 2.45) is 5.41 Å². The Bertz CT molecular complexity index is 170. The van der Waals surface area contributed by atoms with Gasteiger partial charge in [0.2, 0.25) is 0 Å². The van der Waals surface area contributed by atoms with Crippen LogP contribution in [0.1, 0.15) is 67.7 Å². The van der Waals surface area contributed by atoms with Gasteiger partial charge in [-0.25, -0.2) is 0 Å². The quantitative estimate of drug-likeness (QED) is 0.387. The molecule has 0 heterocycles. The van der Waals surface area contributed by atoms with Gasteiger partial charge in [-0.3, -0.25) is 0 Å². The highest BCUT2D eigenvalue weighted by Gasteiger charge is 2.20. The maximum atomic E-state index is 8.47. The molecule has 0 rings (SSSR count). The number of hydrogen-bond donors (Lipinski definition) is 6. The summed E-state index contributed by atoms with van der Waals surface area (Å²) in [5.41, 5.74) is -0.708. The molecule has 3 nitrogen and oxygen atoms in total. The Morgan fingerprint density at radius 2 is 0.783 bits per heavy atom. The first-order chi connectivity index (χ1) is 10.5. The van der Waals surface area contributed by atoms with Crippen LogP contribution in [-0.4, -0.2) is 50.9 Å². The van der Waals surface area contributed by atoms with E-state index >= 15 is 0 Å². The molecule has 23 heavy (non-hydrogen) atoms. The van der Waals surface area contributed by atoms with Gasteiger partial charge in [-0.2, -0.15) is 37.9 Å². The average Bonchev–Trinajstić information content (AvgIpc) is 2.55. The van der Waals surface area contributed by atoms with Gasteiger partial charge in [0.25, 0.3) is 0 Å². The fourth-order valence-corrected chi connectivity index (χ4v) is 0.150. The predicted molar refractivity (Wildman–Crippen MR) is 116 cm³/mol. The summed E-state index contributed by atoms with van der Waals surface area (Å²) in [6.07, 6.45) is 3.51. The van der Waals surface area contributed by atoms with E-state index in [4.69, 9.17) is 15.3 Å². The van der Waals surface area contributed by atoms with Crippen LogP contribution in [0, 0.1) is 5.41 Å². The van der Waals surface area contributed by atoms with E-state index in [0.717, 1.165) is 0 Å². The minimum atomic E-state index is -0.708. The first-order valence-electron chi connectivity index (χ1n) is 8.36. The SMILES string of the molecule is CC(CO)(CO)CO.CCC(C)S.CCC(C)S.CCC(C)S. The van der Waals surface area contributed by atoms with Gasteiger partial charge >= 0.3 is 0 Å². The van der Waals surface area contributed by atoms with Crippen LogP contribution in [0.15, 0.2) is 0 Å². The lowest BCUT2D eigenvalue weighted by Gasteiger charge is -2.20. The second kappa shape index (κ2) is 22.9. The molecule has 3 unspecified atom stereocenters. The van der Waals surface area contributed by atoms with Crippen molar-refractivity contribution in [3.8, 4) is 0 Å². The average molecular weight is 391 g/mol. The fraction of sp³-hybridized carbons (Fsp3) is 1.00. The molecule has 0 aliphatic rings. The number of rotatable bonds is 6. The molecule has 0 saturated carbocycles. The lowest BCUT2D eigenvalue weighted by atomic mass is 9.95. The zero-order valence-electron chi connectivity index (χ0n) is 16.2. The summed E-state index contributed by atoms with van der Waals surface area (Å²) < 4.78 is 0. The highest BCUT2D eigenvalue weighted by Crippen LogP contribution is 2.10. The molecule has 0 radical (unpaired) electrons. The Labute approximate surface area is 161 Å². The van der Waals surface area contributed by atoms with Crippen molar-refractivity contribution < 1.29 is 15.3 Å². The van der Waals surface area contributed by atoms with E-state index in [9.17, 15) is 0 Å². The molecule has 0 aromatic heterocycles. The first kappa shape index (κ1) is 31.7. The first-order valence-corrected chi connectivity index (χ1v) is 9.91. The number of thiol groups is 3. The maximum absolute atomic E-state index is 8.47. The maximum Gasteiger partial charge on any atom is 0.0528 e. The van der Waals surface area contributed by atoms with E-state index in [1.165, 1.54) is 19.3 Å². The van der Waals surface area contributed by atoms with E-state index < -0.39 is 5.41 Å². The molecule has 3 N–H and O–H groups in total. The molecule has 0 saturated heterocycles. The van der Waals surface area contributed by atoms with Crippen molar-refractivity contribution >= 4 is 37.9 Å². The molecule has 146 valence electrons. The van der Waals surface area contributed by atoms with Crippen molar-refractivity contribution in [2.75, 3.05) is 19.8 Å². The van der Waals surface area contributed by atoms with Crippen LogP contribution in [0.5, 0.6) is 0 Å².